The van der Waals surface area contributed by atoms with E-state index in [0.29, 0.717) is 0 Å². The molecule has 0 heterocycles. The van der Waals surface area contributed by atoms with Gasteiger partial charge in [0.05, 0.1) is 78.8 Å². The van der Waals surface area contributed by atoms with Crippen LogP contribution < -0.4 is 134 Å². The van der Waals surface area contributed by atoms with Crippen LogP contribution in [-0.4, -0.2) is 72.6 Å². The smallest absolute Gasteiger partial charge is 0.744 e. The van der Waals surface area contributed by atoms with Crippen molar-refractivity contribution < 1.29 is 204 Å². The van der Waals surface area contributed by atoms with Gasteiger partial charge in [0.15, 0.2) is 37.7 Å². The van der Waals surface area contributed by atoms with Crippen LogP contribution in [-0.2, 0) is 67.3 Å². The largest absolute Gasteiger partial charge is 1.00 e. The molecule has 0 aromatic heterocycles. The zero-order valence-corrected chi connectivity index (χ0v) is 44.1. The summed E-state index contributed by atoms with van der Waals surface area (Å²) in [7, 11) is -18.5. The molecule has 0 bridgehead atoms. The van der Waals surface area contributed by atoms with Crippen LogP contribution in [0, 0.1) is 0 Å². The minimum atomic E-state index is -5.37. The molecule has 0 aliphatic heterocycles. The summed E-state index contributed by atoms with van der Waals surface area (Å²) in [6.45, 7) is -1.32. The fraction of sp³-hybridized carbons (Fsp3) is 0.154. The van der Waals surface area contributed by atoms with E-state index in [4.69, 9.17) is 9.92 Å². The first-order chi connectivity index (χ1) is 26.3. The molecule has 0 atom stereocenters. The number of rotatable bonds is 20. The number of fused-ring (bicyclic) bond motifs is 1. The van der Waals surface area contributed by atoms with Crippen LogP contribution in [0.1, 0.15) is 0 Å². The van der Waals surface area contributed by atoms with Crippen molar-refractivity contribution in [3.8, 4) is 5.75 Å². The van der Waals surface area contributed by atoms with Gasteiger partial charge in [-0.1, -0.05) is 0 Å². The van der Waals surface area contributed by atoms with Crippen molar-refractivity contribution in [2.45, 2.75) is 19.6 Å². The molecule has 304 valence electrons. The zero-order chi connectivity index (χ0) is 41.3. The minimum absolute atomic E-state index is 0. The van der Waals surface area contributed by atoms with Crippen LogP contribution in [0.5, 0.6) is 5.75 Å². The van der Waals surface area contributed by atoms with Crippen LogP contribution in [0.2, 0.25) is 0 Å². The number of phenols is 1. The maximum Gasteiger partial charge on any atom is 1.00 e. The van der Waals surface area contributed by atoms with Gasteiger partial charge in [0.1, 0.15) is 21.5 Å². The second-order valence-corrected chi connectivity index (χ2v) is 18.1. The molecular weight excluding hydrogens is 971 g/mol. The Labute approximate surface area is 438 Å². The van der Waals surface area contributed by atoms with Gasteiger partial charge < -0.3 is 30.5 Å². The number of azo groups is 2. The molecule has 0 aliphatic carbocycles. The Bertz CT molecular complexity index is 2580. The number of anilines is 1. The van der Waals surface area contributed by atoms with Crippen molar-refractivity contribution in [2.24, 2.45) is 20.5 Å². The van der Waals surface area contributed by atoms with Gasteiger partial charge in [-0.2, -0.15) is 14.6 Å². The SMILES string of the molecule is Nc1c(N=Nc2ccc(S(=O)(=O)CCOS(=O)(=O)[O-])cc2)c(S(=O)(=O)[O-])cc2cc(SOO[O-])c(N=Nc3ccc(S(=O)(=O)CCOSOO[O-])cc3)c(O)c12.[Na+].[Na+].[Na+].[Na+]. The van der Waals surface area contributed by atoms with E-state index in [1.165, 1.54) is 24.3 Å². The third-order valence-corrected chi connectivity index (χ3v) is 12.5. The number of nitrogen functional groups attached to an aromatic ring is 1. The molecule has 0 saturated carbocycles. The van der Waals surface area contributed by atoms with E-state index in [0.717, 1.165) is 36.4 Å². The summed E-state index contributed by atoms with van der Waals surface area (Å²) < 4.78 is 136. The molecule has 0 spiro atoms. The summed E-state index contributed by atoms with van der Waals surface area (Å²) >= 11 is 0.324. The second kappa shape index (κ2) is 26.9. The van der Waals surface area contributed by atoms with Gasteiger partial charge in [-0.05, 0) is 66.0 Å². The van der Waals surface area contributed by atoms with E-state index in [1.54, 1.807) is 0 Å². The molecule has 0 aliphatic rings. The fourth-order valence-electron chi connectivity index (χ4n) is 4.36. The van der Waals surface area contributed by atoms with E-state index in [-0.39, 0.29) is 186 Å². The van der Waals surface area contributed by atoms with Crippen LogP contribution in [0.3, 0.4) is 0 Å². The Morgan fingerprint density at radius 3 is 1.62 bits per heavy atom. The first-order valence-electron chi connectivity index (χ1n) is 14.3. The van der Waals surface area contributed by atoms with Gasteiger partial charge in [-0.15, -0.1) is 14.6 Å². The summed E-state index contributed by atoms with van der Waals surface area (Å²) in [5.74, 6) is -2.19. The molecule has 4 aromatic carbocycles. The fourth-order valence-corrected chi connectivity index (χ4v) is 8.40. The Balaban J connectivity index is 0.00000870. The van der Waals surface area contributed by atoms with Crippen LogP contribution in [0.15, 0.2) is 101 Å². The van der Waals surface area contributed by atoms with Gasteiger partial charge in [0.25, 0.3) is 0 Å². The molecule has 24 nitrogen and oxygen atoms in total. The Morgan fingerprint density at radius 1 is 0.667 bits per heavy atom. The van der Waals surface area contributed by atoms with Crippen molar-refractivity contribution in [2.75, 3.05) is 30.5 Å². The van der Waals surface area contributed by atoms with E-state index in [2.05, 4.69) is 43.4 Å². The Hall–Kier alpha value is 0.0400. The average Bonchev–Trinajstić information content (AvgIpc) is 3.12. The maximum absolute atomic E-state index is 12.6. The average molecular weight is 992 g/mol. The van der Waals surface area contributed by atoms with Crippen molar-refractivity contribution in [3.05, 3.63) is 60.7 Å². The normalized spacial score (nSPS) is 12.1. The molecule has 4 rings (SSSR count). The van der Waals surface area contributed by atoms with Gasteiger partial charge in [0, 0.05) is 0 Å². The van der Waals surface area contributed by atoms with Gasteiger partial charge in [-0.25, -0.2) is 33.7 Å². The molecule has 3 N–H and O–H groups in total. The second-order valence-electron chi connectivity index (χ2n) is 10.3. The van der Waals surface area contributed by atoms with Crippen LogP contribution in [0.4, 0.5) is 28.4 Å². The van der Waals surface area contributed by atoms with Crippen LogP contribution in [0.25, 0.3) is 10.8 Å². The van der Waals surface area contributed by atoms with Gasteiger partial charge >= 0.3 is 118 Å². The molecule has 0 amide bonds. The summed E-state index contributed by atoms with van der Waals surface area (Å²) in [6, 6.07) is 10.9. The number of nitrogens with zero attached hydrogens (tertiary/aromatic N) is 4. The molecular formula is C26H21N5Na4O19S6. The third kappa shape index (κ3) is 17.4. The summed E-state index contributed by atoms with van der Waals surface area (Å²) in [6.07, 6.45) is 0. The van der Waals surface area contributed by atoms with Crippen molar-refractivity contribution in [1.29, 1.82) is 0 Å². The third-order valence-electron chi connectivity index (χ3n) is 6.78. The number of sulfone groups is 2. The summed E-state index contributed by atoms with van der Waals surface area (Å²) in [5, 5.41) is 53.0. The molecule has 0 radical (unpaired) electrons. The molecule has 34 heteroatoms. The number of nitrogens with two attached hydrogens (primary N) is 1. The van der Waals surface area contributed by atoms with Crippen molar-refractivity contribution >= 4 is 104 Å². The molecule has 0 fully saturated rings. The van der Waals surface area contributed by atoms with E-state index >= 15 is 0 Å². The number of aromatic hydroxyl groups is 1. The van der Waals surface area contributed by atoms with E-state index in [1.807, 2.05) is 0 Å². The number of hydrogen-bond acceptors (Lipinski definition) is 26. The first kappa shape index (κ1) is 60.0. The number of phenolic OH excluding ortho intramolecular Hbond substituents is 1. The van der Waals surface area contributed by atoms with Crippen molar-refractivity contribution in [1.82, 2.24) is 0 Å². The molecule has 60 heavy (non-hydrogen) atoms. The summed E-state index contributed by atoms with van der Waals surface area (Å²) in [4.78, 5) is -1.74. The molecule has 4 aromatic rings. The predicted octanol–water partition coefficient (Wildman–Crippen LogP) is -10.1. The zero-order valence-electron chi connectivity index (χ0n) is 31.2. The predicted molar refractivity (Wildman–Crippen MR) is 183 cm³/mol. The quantitative estimate of drug-likeness (QED) is 0.00955. The number of benzene rings is 4. The Morgan fingerprint density at radius 2 is 1.15 bits per heavy atom. The molecule has 0 saturated heterocycles. The summed E-state index contributed by atoms with van der Waals surface area (Å²) in [5.41, 5.74) is 4.33. The molecule has 0 unspecified atom stereocenters. The first-order valence-corrected chi connectivity index (χ1v) is 21.8. The standard InChI is InChI=1S/C26H25N5O19S6.4Na/c27-23-22-15(14-21(55(39,40)41)25(23)31-29-17-3-7-19(8-4-17)54(37,38)12-10-46-56(42,43)44)13-20(51-49-47-33)24(26(22)32)30-28-16-1-5-18(6-2-16)53(35,36)11-9-45-52-50-48-34;;;;/h1-8,13-14,32-34H,9-12,27H2,(H,39,40,41)(H,42,43,44);;;;/q;4*+1/p-4. The topological polar surface area (TPSA) is 380 Å². The van der Waals surface area contributed by atoms with Gasteiger partial charge in [-0.3, -0.25) is 18.4 Å². The maximum atomic E-state index is 12.6. The van der Waals surface area contributed by atoms with E-state index in [9.17, 15) is 58.4 Å². The van der Waals surface area contributed by atoms with E-state index < -0.39 is 86.0 Å². The monoisotopic (exact) mass is 991 g/mol. The van der Waals surface area contributed by atoms with Gasteiger partial charge in [0.2, 0.25) is 10.4 Å². The van der Waals surface area contributed by atoms with Crippen LogP contribution >= 0.6 is 24.4 Å². The van der Waals surface area contributed by atoms with Crippen molar-refractivity contribution in [3.63, 3.8) is 0 Å². The minimum Gasteiger partial charge on any atom is -0.744 e. The Kier molecular flexibility index (Phi) is 26.9. The number of hydrogen-bond donors (Lipinski definition) is 2.